The van der Waals surface area contributed by atoms with E-state index in [0.717, 1.165) is 0 Å². The van der Waals surface area contributed by atoms with Crippen LogP contribution >= 0.6 is 0 Å². The van der Waals surface area contributed by atoms with Crippen LogP contribution in [-0.2, 0) is 0 Å². The highest BCUT2D eigenvalue weighted by Gasteiger charge is 2.28. The Morgan fingerprint density at radius 2 is 1.00 bits per heavy atom. The van der Waals surface area contributed by atoms with Gasteiger partial charge in [0.25, 0.3) is 0 Å². The number of hydrogen-bond donors (Lipinski definition) is 0. The van der Waals surface area contributed by atoms with Crippen molar-refractivity contribution in [1.82, 2.24) is 0 Å². The lowest BCUT2D eigenvalue weighted by Crippen LogP contribution is -2.44. The Morgan fingerprint density at radius 3 is 1.45 bits per heavy atom. The summed E-state index contributed by atoms with van der Waals surface area (Å²) in [5.74, 6) is 0. The first-order chi connectivity index (χ1) is 16.3. The van der Waals surface area contributed by atoms with Gasteiger partial charge in [-0.05, 0) is 36.1 Å². The van der Waals surface area contributed by atoms with Crippen LogP contribution < -0.4 is 10.9 Å². The van der Waals surface area contributed by atoms with Crippen molar-refractivity contribution in [2.24, 2.45) is 0 Å². The normalized spacial score (nSPS) is 12.5. The fraction of sp³-hybridized carbons (Fsp3) is 0.0625. The molecule has 0 saturated carbocycles. The van der Waals surface area contributed by atoms with E-state index >= 15 is 0 Å². The molecule has 0 nitrogen and oxygen atoms in total. The van der Waals surface area contributed by atoms with Crippen molar-refractivity contribution >= 4 is 28.7 Å². The predicted octanol–water partition coefficient (Wildman–Crippen LogP) is 6.97. The predicted molar refractivity (Wildman–Crippen MR) is 146 cm³/mol. The minimum Gasteiger partial charge on any atom is -0.0877 e. The van der Waals surface area contributed by atoms with Crippen molar-refractivity contribution in [3.63, 3.8) is 0 Å². The van der Waals surface area contributed by atoms with E-state index in [1.54, 1.807) is 0 Å². The molecule has 0 N–H and O–H groups in total. The summed E-state index contributed by atoms with van der Waals surface area (Å²) in [6.45, 7) is 4.38. The van der Waals surface area contributed by atoms with Crippen molar-refractivity contribution in [2.75, 3.05) is 0 Å². The van der Waals surface area contributed by atoms with Crippen LogP contribution in [0.4, 0.5) is 0 Å². The lowest BCUT2D eigenvalue weighted by atomic mass is 9.34. The summed E-state index contributed by atoms with van der Waals surface area (Å²) >= 11 is 0. The molecule has 33 heavy (non-hydrogen) atoms. The number of hydrogen-bond acceptors (Lipinski definition) is 0. The van der Waals surface area contributed by atoms with E-state index in [0.29, 0.717) is 0 Å². The van der Waals surface area contributed by atoms with Gasteiger partial charge in [0.2, 0.25) is 6.71 Å². The highest BCUT2D eigenvalue weighted by atomic mass is 14.1. The van der Waals surface area contributed by atoms with Crippen LogP contribution in [0.1, 0.15) is 25.0 Å². The Hall–Kier alpha value is -3.84. The molecule has 0 heterocycles. The van der Waals surface area contributed by atoms with E-state index in [4.69, 9.17) is 0 Å². The number of benzene rings is 4. The minimum atomic E-state index is 0.0963. The first kappa shape index (κ1) is 22.4. The Morgan fingerprint density at radius 1 is 0.576 bits per heavy atom. The third-order valence-corrected chi connectivity index (χ3v) is 5.90. The molecule has 0 atom stereocenters. The molecule has 0 unspecified atom stereocenters. The van der Waals surface area contributed by atoms with Crippen LogP contribution in [0.2, 0.25) is 0 Å². The number of rotatable bonds is 7. The van der Waals surface area contributed by atoms with Gasteiger partial charge in [0.15, 0.2) is 0 Å². The molecule has 0 aromatic heterocycles. The van der Waals surface area contributed by atoms with Crippen LogP contribution in [0.25, 0.3) is 11.0 Å². The average molecular weight is 424 g/mol. The molecule has 0 aliphatic heterocycles. The lowest BCUT2D eigenvalue weighted by Gasteiger charge is -2.25. The van der Waals surface area contributed by atoms with Crippen LogP contribution in [0, 0.1) is 0 Å². The topological polar surface area (TPSA) is 0 Å². The lowest BCUT2D eigenvalue weighted by molar-refractivity contribution is 1.49. The Balaban J connectivity index is 2.13. The van der Waals surface area contributed by atoms with Crippen LogP contribution in [-0.4, -0.2) is 6.71 Å². The summed E-state index contributed by atoms with van der Waals surface area (Å²) in [6, 6.07) is 43.3. The Bertz CT molecular complexity index is 1200. The van der Waals surface area contributed by atoms with Crippen LogP contribution in [0.5, 0.6) is 0 Å². The van der Waals surface area contributed by atoms with Gasteiger partial charge >= 0.3 is 0 Å². The quantitative estimate of drug-likeness (QED) is 0.171. The van der Waals surface area contributed by atoms with Gasteiger partial charge in [-0.2, -0.15) is 0 Å². The summed E-state index contributed by atoms with van der Waals surface area (Å²) in [6.07, 6.45) is 6.43. The summed E-state index contributed by atoms with van der Waals surface area (Å²) in [4.78, 5) is 0. The molecule has 0 fully saturated rings. The molecule has 4 rings (SSSR count). The molecule has 4 aromatic rings. The molecule has 160 valence electrons. The Labute approximate surface area is 198 Å². The van der Waals surface area contributed by atoms with Gasteiger partial charge in [-0.25, -0.2) is 0 Å². The van der Waals surface area contributed by atoms with Gasteiger partial charge in [-0.15, -0.1) is 0 Å². The summed E-state index contributed by atoms with van der Waals surface area (Å²) < 4.78 is 0. The second kappa shape index (κ2) is 11.2. The second-order valence-corrected chi connectivity index (χ2v) is 8.15. The molecular formula is C32H29B. The zero-order valence-electron chi connectivity index (χ0n) is 19.4. The van der Waals surface area contributed by atoms with Crippen LogP contribution in [0.3, 0.4) is 0 Å². The fourth-order valence-corrected chi connectivity index (χ4v) is 4.41. The smallest absolute Gasteiger partial charge is 0.0877 e. The summed E-state index contributed by atoms with van der Waals surface area (Å²) in [5, 5.41) is 0. The maximum Gasteiger partial charge on any atom is 0.242 e. The first-order valence-corrected chi connectivity index (χ1v) is 11.5. The highest BCUT2D eigenvalue weighted by Crippen LogP contribution is 2.34. The van der Waals surface area contributed by atoms with Crippen molar-refractivity contribution in [3.8, 4) is 0 Å². The van der Waals surface area contributed by atoms with Gasteiger partial charge in [-0.3, -0.25) is 0 Å². The summed E-state index contributed by atoms with van der Waals surface area (Å²) in [7, 11) is 0. The summed E-state index contributed by atoms with van der Waals surface area (Å²) in [5.41, 5.74) is 8.88. The van der Waals surface area contributed by atoms with Gasteiger partial charge in [0, 0.05) is 0 Å². The van der Waals surface area contributed by atoms with Crippen molar-refractivity contribution in [3.05, 3.63) is 156 Å². The highest BCUT2D eigenvalue weighted by molar-refractivity contribution is 7.00. The average Bonchev–Trinajstić information content (AvgIpc) is 2.89. The monoisotopic (exact) mass is 424 g/mol. The van der Waals surface area contributed by atoms with E-state index in [2.05, 4.69) is 153 Å². The second-order valence-electron chi connectivity index (χ2n) is 8.15. The largest absolute Gasteiger partial charge is 0.242 e. The van der Waals surface area contributed by atoms with E-state index < -0.39 is 0 Å². The molecule has 0 spiro atoms. The molecule has 0 saturated heterocycles. The van der Waals surface area contributed by atoms with E-state index in [1.807, 2.05) is 0 Å². The third kappa shape index (κ3) is 5.33. The van der Waals surface area contributed by atoms with E-state index in [9.17, 15) is 0 Å². The molecule has 4 aromatic carbocycles. The van der Waals surface area contributed by atoms with Crippen molar-refractivity contribution in [1.29, 1.82) is 0 Å². The van der Waals surface area contributed by atoms with Crippen molar-refractivity contribution < 1.29 is 0 Å². The van der Waals surface area contributed by atoms with Crippen molar-refractivity contribution in [2.45, 2.75) is 13.8 Å². The van der Waals surface area contributed by atoms with Gasteiger partial charge in [0.05, 0.1) is 0 Å². The van der Waals surface area contributed by atoms with Crippen LogP contribution in [0.15, 0.2) is 145 Å². The SMILES string of the molecule is C\C=C/C=C(C)/C(=C(\B(c1ccccc1)c1ccccc1)c1ccccc1)c1ccccc1. The zero-order chi connectivity index (χ0) is 22.9. The molecule has 0 amide bonds. The molecule has 0 aliphatic rings. The molecule has 0 aliphatic carbocycles. The Kier molecular flexibility index (Phi) is 7.56. The molecular weight excluding hydrogens is 395 g/mol. The van der Waals surface area contributed by atoms with E-state index in [1.165, 1.54) is 38.7 Å². The molecule has 1 heteroatoms. The van der Waals surface area contributed by atoms with E-state index in [-0.39, 0.29) is 6.71 Å². The third-order valence-electron chi connectivity index (χ3n) is 5.90. The maximum absolute atomic E-state index is 2.24. The van der Waals surface area contributed by atoms with Gasteiger partial charge in [0.1, 0.15) is 0 Å². The van der Waals surface area contributed by atoms with Gasteiger partial charge < -0.3 is 0 Å². The standard InChI is InChI=1S/C32H29B/c1-3-4-17-26(2)31(27-18-9-5-10-19-27)32(28-20-11-6-12-21-28)33(29-22-13-7-14-23-29)30-24-15-8-16-25-30/h3-25H,1-2H3/b4-3-,26-17+,32-31+. The fourth-order valence-electron chi connectivity index (χ4n) is 4.41. The number of allylic oxidation sites excluding steroid dienone is 5. The molecule has 0 radical (unpaired) electrons. The maximum atomic E-state index is 2.24. The minimum absolute atomic E-state index is 0.0963. The first-order valence-electron chi connectivity index (χ1n) is 11.5. The van der Waals surface area contributed by atoms with Gasteiger partial charge in [-0.1, -0.05) is 156 Å². The zero-order valence-corrected chi connectivity index (χ0v) is 19.4. The molecule has 0 bridgehead atoms.